The zero-order valence-electron chi connectivity index (χ0n) is 11.0. The van der Waals surface area contributed by atoms with Crippen LogP contribution in [0.1, 0.15) is 25.7 Å². The number of fused-ring (bicyclic) bond motifs is 2. The monoisotopic (exact) mass is 281 g/mol. The summed E-state index contributed by atoms with van der Waals surface area (Å²) in [4.78, 5) is 6.94. The minimum Gasteiger partial charge on any atom is -0.351 e. The summed E-state index contributed by atoms with van der Waals surface area (Å²) < 4.78 is 22.9. The Morgan fingerprint density at radius 3 is 2.37 bits per heavy atom. The molecule has 2 atom stereocenters. The van der Waals surface area contributed by atoms with Gasteiger partial charge in [-0.2, -0.15) is 0 Å². The predicted molar refractivity (Wildman–Crippen MR) is 73.8 cm³/mol. The highest BCUT2D eigenvalue weighted by Gasteiger charge is 2.40. The summed E-state index contributed by atoms with van der Waals surface area (Å²) in [5, 5.41) is 0. The van der Waals surface area contributed by atoms with Crippen LogP contribution >= 0.6 is 0 Å². The van der Waals surface area contributed by atoms with Crippen LogP contribution in [-0.2, 0) is 9.84 Å². The molecule has 1 aromatic rings. The molecule has 3 rings (SSSR count). The van der Waals surface area contributed by atoms with Gasteiger partial charge in [-0.15, -0.1) is 0 Å². The number of sulfone groups is 1. The van der Waals surface area contributed by atoms with Crippen molar-refractivity contribution in [1.82, 2.24) is 4.98 Å². The number of pyridine rings is 1. The van der Waals surface area contributed by atoms with Gasteiger partial charge < -0.3 is 10.6 Å². The van der Waals surface area contributed by atoms with Gasteiger partial charge in [-0.3, -0.25) is 0 Å². The van der Waals surface area contributed by atoms with Crippen LogP contribution in [0.5, 0.6) is 0 Å². The van der Waals surface area contributed by atoms with Crippen molar-refractivity contribution in [2.24, 2.45) is 5.73 Å². The zero-order chi connectivity index (χ0) is 13.6. The third-order valence-corrected chi connectivity index (χ3v) is 5.28. The Labute approximate surface area is 113 Å². The molecule has 1 aromatic heterocycles. The standard InChI is InChI=1S/C13H19N3O2S/c1-19(17,18)12-4-5-13(15-8-12)16-10-2-3-11(16)7-9(14)6-10/h4-5,8-11H,2-3,6-7,14H2,1H3. The van der Waals surface area contributed by atoms with Gasteiger partial charge in [0, 0.05) is 30.6 Å². The Balaban J connectivity index is 1.88. The minimum atomic E-state index is -3.17. The molecule has 0 aromatic carbocycles. The lowest BCUT2D eigenvalue weighted by Crippen LogP contribution is -2.47. The molecule has 5 nitrogen and oxygen atoms in total. The summed E-state index contributed by atoms with van der Waals surface area (Å²) >= 11 is 0. The first-order chi connectivity index (χ1) is 8.95. The van der Waals surface area contributed by atoms with Gasteiger partial charge in [0.2, 0.25) is 0 Å². The van der Waals surface area contributed by atoms with E-state index in [1.807, 2.05) is 6.07 Å². The Bertz CT molecular complexity index is 556. The Morgan fingerprint density at radius 1 is 1.26 bits per heavy atom. The molecule has 2 bridgehead atoms. The van der Waals surface area contributed by atoms with Crippen LogP contribution in [0.15, 0.2) is 23.2 Å². The summed E-state index contributed by atoms with van der Waals surface area (Å²) in [6, 6.07) is 4.68. The average Bonchev–Trinajstić information content (AvgIpc) is 2.61. The fourth-order valence-electron chi connectivity index (χ4n) is 3.34. The van der Waals surface area contributed by atoms with Crippen molar-refractivity contribution in [3.8, 4) is 0 Å². The number of nitrogens with zero attached hydrogens (tertiary/aromatic N) is 2. The average molecular weight is 281 g/mol. The second-order valence-corrected chi connectivity index (χ2v) is 7.66. The van der Waals surface area contributed by atoms with Crippen molar-refractivity contribution in [2.75, 3.05) is 11.2 Å². The number of nitrogens with two attached hydrogens (primary N) is 1. The summed E-state index contributed by atoms with van der Waals surface area (Å²) in [7, 11) is -3.17. The van der Waals surface area contributed by atoms with E-state index in [0.717, 1.165) is 31.5 Å². The van der Waals surface area contributed by atoms with E-state index in [0.29, 0.717) is 18.1 Å². The van der Waals surface area contributed by atoms with Gasteiger partial charge in [-0.25, -0.2) is 13.4 Å². The number of piperidine rings is 1. The van der Waals surface area contributed by atoms with E-state index in [2.05, 4.69) is 9.88 Å². The number of rotatable bonds is 2. The molecule has 2 saturated heterocycles. The van der Waals surface area contributed by atoms with Crippen LogP contribution in [0.25, 0.3) is 0 Å². The molecule has 0 saturated carbocycles. The highest BCUT2D eigenvalue weighted by Crippen LogP contribution is 2.37. The second-order valence-electron chi connectivity index (χ2n) is 5.65. The molecule has 0 aliphatic carbocycles. The van der Waals surface area contributed by atoms with Crippen molar-refractivity contribution in [2.45, 2.75) is 48.7 Å². The molecule has 0 radical (unpaired) electrons. The molecule has 2 aliphatic rings. The molecule has 0 amide bonds. The third kappa shape index (κ3) is 2.34. The van der Waals surface area contributed by atoms with Crippen molar-refractivity contribution < 1.29 is 8.42 Å². The zero-order valence-corrected chi connectivity index (χ0v) is 11.8. The van der Waals surface area contributed by atoms with Crippen LogP contribution < -0.4 is 10.6 Å². The maximum atomic E-state index is 11.4. The first-order valence-electron chi connectivity index (χ1n) is 6.65. The van der Waals surface area contributed by atoms with E-state index in [-0.39, 0.29) is 4.90 Å². The molecular weight excluding hydrogens is 262 g/mol. The predicted octanol–water partition coefficient (Wildman–Crippen LogP) is 0.944. The van der Waals surface area contributed by atoms with E-state index in [1.165, 1.54) is 12.5 Å². The quantitative estimate of drug-likeness (QED) is 0.873. The fourth-order valence-corrected chi connectivity index (χ4v) is 3.90. The summed E-state index contributed by atoms with van der Waals surface area (Å²) in [5.74, 6) is 0.881. The highest BCUT2D eigenvalue weighted by molar-refractivity contribution is 7.90. The second kappa shape index (κ2) is 4.45. The van der Waals surface area contributed by atoms with E-state index < -0.39 is 9.84 Å². The molecule has 0 spiro atoms. The molecular formula is C13H19N3O2S. The van der Waals surface area contributed by atoms with Crippen LogP contribution in [0.3, 0.4) is 0 Å². The maximum absolute atomic E-state index is 11.4. The van der Waals surface area contributed by atoms with E-state index in [1.54, 1.807) is 6.07 Å². The van der Waals surface area contributed by atoms with Crippen molar-refractivity contribution in [1.29, 1.82) is 0 Å². The van der Waals surface area contributed by atoms with E-state index in [9.17, 15) is 8.42 Å². The summed E-state index contributed by atoms with van der Waals surface area (Å²) in [6.45, 7) is 0. The number of anilines is 1. The Kier molecular flexibility index (Phi) is 3.02. The molecule has 2 fully saturated rings. The topological polar surface area (TPSA) is 76.3 Å². The third-order valence-electron chi connectivity index (χ3n) is 4.18. The lowest BCUT2D eigenvalue weighted by atomic mass is 9.98. The number of hydrogen-bond donors (Lipinski definition) is 1. The lowest BCUT2D eigenvalue weighted by Gasteiger charge is -2.38. The first-order valence-corrected chi connectivity index (χ1v) is 8.54. The first kappa shape index (κ1) is 12.9. The van der Waals surface area contributed by atoms with E-state index >= 15 is 0 Å². The van der Waals surface area contributed by atoms with Crippen molar-refractivity contribution in [3.63, 3.8) is 0 Å². The van der Waals surface area contributed by atoms with Gasteiger partial charge >= 0.3 is 0 Å². The number of hydrogen-bond acceptors (Lipinski definition) is 5. The lowest BCUT2D eigenvalue weighted by molar-refractivity contribution is 0.412. The number of aromatic nitrogens is 1. The summed E-state index contributed by atoms with van der Waals surface area (Å²) in [5.41, 5.74) is 6.05. The van der Waals surface area contributed by atoms with Crippen molar-refractivity contribution >= 4 is 15.7 Å². The normalized spacial score (nSPS) is 30.6. The van der Waals surface area contributed by atoms with Gasteiger partial charge in [0.25, 0.3) is 0 Å². The molecule has 104 valence electrons. The van der Waals surface area contributed by atoms with Crippen molar-refractivity contribution in [3.05, 3.63) is 18.3 Å². The molecule has 2 N–H and O–H groups in total. The smallest absolute Gasteiger partial charge is 0.177 e. The maximum Gasteiger partial charge on any atom is 0.177 e. The fraction of sp³-hybridized carbons (Fsp3) is 0.615. The molecule has 6 heteroatoms. The van der Waals surface area contributed by atoms with Gasteiger partial charge in [0.05, 0.1) is 4.90 Å². The Morgan fingerprint density at radius 2 is 1.89 bits per heavy atom. The summed E-state index contributed by atoms with van der Waals surface area (Å²) in [6.07, 6.45) is 6.99. The van der Waals surface area contributed by atoms with Gasteiger partial charge in [0.1, 0.15) is 5.82 Å². The van der Waals surface area contributed by atoms with Gasteiger partial charge in [0.15, 0.2) is 9.84 Å². The molecule has 19 heavy (non-hydrogen) atoms. The molecule has 2 unspecified atom stereocenters. The van der Waals surface area contributed by atoms with Crippen LogP contribution in [0, 0.1) is 0 Å². The minimum absolute atomic E-state index is 0.275. The SMILES string of the molecule is CS(=O)(=O)c1ccc(N2C3CCC2CC(N)C3)nc1. The van der Waals surface area contributed by atoms with E-state index in [4.69, 9.17) is 5.73 Å². The van der Waals surface area contributed by atoms with Crippen LogP contribution in [-0.4, -0.2) is 37.8 Å². The van der Waals surface area contributed by atoms with Gasteiger partial charge in [-0.1, -0.05) is 0 Å². The highest BCUT2D eigenvalue weighted by atomic mass is 32.2. The molecule has 3 heterocycles. The van der Waals surface area contributed by atoms with Crippen LogP contribution in [0.4, 0.5) is 5.82 Å². The molecule has 2 aliphatic heterocycles. The largest absolute Gasteiger partial charge is 0.351 e. The van der Waals surface area contributed by atoms with Crippen LogP contribution in [0.2, 0.25) is 0 Å². The van der Waals surface area contributed by atoms with Gasteiger partial charge in [-0.05, 0) is 37.8 Å². The Hall–Kier alpha value is -1.14.